The minimum absolute atomic E-state index is 0.394. The van der Waals surface area contributed by atoms with Crippen LogP contribution >= 0.6 is 11.3 Å². The molecule has 1 atom stereocenters. The molecular weight excluding hydrogens is 248 g/mol. The van der Waals surface area contributed by atoms with Crippen LogP contribution in [0.4, 0.5) is 0 Å². The maximum atomic E-state index is 10.8. The zero-order valence-electron chi connectivity index (χ0n) is 10.7. The van der Waals surface area contributed by atoms with Crippen molar-refractivity contribution in [1.29, 1.82) is 0 Å². The third-order valence-corrected chi connectivity index (χ3v) is 4.93. The molecule has 1 heterocycles. The van der Waals surface area contributed by atoms with Crippen molar-refractivity contribution in [2.75, 3.05) is 0 Å². The highest BCUT2D eigenvalue weighted by molar-refractivity contribution is 7.11. The van der Waals surface area contributed by atoms with E-state index in [9.17, 15) is 4.79 Å². The van der Waals surface area contributed by atoms with Gasteiger partial charge in [-0.3, -0.25) is 4.79 Å². The van der Waals surface area contributed by atoms with Crippen molar-refractivity contribution in [1.82, 2.24) is 4.98 Å². The van der Waals surface area contributed by atoms with Crippen LogP contribution in [0.15, 0.2) is 0 Å². The van der Waals surface area contributed by atoms with Crippen molar-refractivity contribution in [3.8, 4) is 0 Å². The normalized spacial score (nSPS) is 18.8. The number of nitrogens with zero attached hydrogens (tertiary/aromatic N) is 1. The molecule has 1 aromatic heterocycles. The molecule has 1 fully saturated rings. The van der Waals surface area contributed by atoms with Gasteiger partial charge in [0.25, 0.3) is 0 Å². The molecule has 3 N–H and O–H groups in total. The van der Waals surface area contributed by atoms with E-state index >= 15 is 0 Å². The van der Waals surface area contributed by atoms with Crippen LogP contribution in [0.1, 0.15) is 53.6 Å². The third-order valence-electron chi connectivity index (χ3n) is 3.59. The maximum Gasteiger partial charge on any atom is 0.320 e. The minimum atomic E-state index is -0.943. The Labute approximate surface area is 111 Å². The molecule has 18 heavy (non-hydrogen) atoms. The van der Waals surface area contributed by atoms with Crippen LogP contribution in [-0.2, 0) is 11.2 Å². The molecule has 0 radical (unpaired) electrons. The molecule has 2 rings (SSSR count). The molecule has 4 nitrogen and oxygen atoms in total. The van der Waals surface area contributed by atoms with Gasteiger partial charge in [0.1, 0.15) is 6.04 Å². The fraction of sp³-hybridized carbons (Fsp3) is 0.692. The number of aryl methyl sites for hydroxylation is 1. The van der Waals surface area contributed by atoms with Gasteiger partial charge in [-0.05, 0) is 19.8 Å². The van der Waals surface area contributed by atoms with Crippen molar-refractivity contribution in [3.05, 3.63) is 15.6 Å². The van der Waals surface area contributed by atoms with Crippen LogP contribution in [0.2, 0.25) is 0 Å². The average Bonchev–Trinajstić information content (AvgIpc) is 2.72. The molecule has 0 aliphatic heterocycles. The molecule has 1 aliphatic rings. The highest BCUT2D eigenvalue weighted by Gasteiger charge is 2.22. The highest BCUT2D eigenvalue weighted by atomic mass is 32.1. The van der Waals surface area contributed by atoms with E-state index in [2.05, 4.69) is 4.98 Å². The summed E-state index contributed by atoms with van der Waals surface area (Å²) in [5, 5.41) is 10.0. The van der Waals surface area contributed by atoms with Crippen molar-refractivity contribution in [2.24, 2.45) is 5.73 Å². The first-order chi connectivity index (χ1) is 8.58. The van der Waals surface area contributed by atoms with Crippen molar-refractivity contribution < 1.29 is 9.90 Å². The van der Waals surface area contributed by atoms with Gasteiger partial charge in [-0.25, -0.2) is 4.98 Å². The van der Waals surface area contributed by atoms with Crippen molar-refractivity contribution >= 4 is 17.3 Å². The summed E-state index contributed by atoms with van der Waals surface area (Å²) in [6.45, 7) is 1.95. The summed E-state index contributed by atoms with van der Waals surface area (Å²) in [7, 11) is 0. The number of nitrogens with two attached hydrogens (primary N) is 1. The molecule has 1 aromatic rings. The van der Waals surface area contributed by atoms with Gasteiger partial charge in [-0.2, -0.15) is 0 Å². The van der Waals surface area contributed by atoms with E-state index in [-0.39, 0.29) is 0 Å². The van der Waals surface area contributed by atoms with E-state index in [1.807, 2.05) is 6.92 Å². The zero-order valence-corrected chi connectivity index (χ0v) is 11.5. The summed E-state index contributed by atoms with van der Waals surface area (Å²) in [5.74, 6) is -0.362. The van der Waals surface area contributed by atoms with Gasteiger partial charge in [-0.1, -0.05) is 19.3 Å². The number of aromatic nitrogens is 1. The molecule has 100 valence electrons. The lowest BCUT2D eigenvalue weighted by Crippen LogP contribution is -2.32. The van der Waals surface area contributed by atoms with Crippen LogP contribution in [0.5, 0.6) is 0 Å². The van der Waals surface area contributed by atoms with Crippen molar-refractivity contribution in [2.45, 2.75) is 57.4 Å². The fourth-order valence-electron chi connectivity index (χ4n) is 2.45. The second-order valence-electron chi connectivity index (χ2n) is 5.04. The lowest BCUT2D eigenvalue weighted by molar-refractivity contribution is -0.138. The molecule has 5 heteroatoms. The summed E-state index contributed by atoms with van der Waals surface area (Å²) < 4.78 is 0. The van der Waals surface area contributed by atoms with Crippen molar-refractivity contribution in [3.63, 3.8) is 0 Å². The Morgan fingerprint density at radius 2 is 2.17 bits per heavy atom. The van der Waals surface area contributed by atoms with Crippen LogP contribution in [0.3, 0.4) is 0 Å². The first kappa shape index (κ1) is 13.5. The van der Waals surface area contributed by atoms with E-state index in [0.29, 0.717) is 12.3 Å². The number of hydrogen-bond donors (Lipinski definition) is 2. The van der Waals surface area contributed by atoms with E-state index in [1.165, 1.54) is 37.1 Å². The van der Waals surface area contributed by atoms with Gasteiger partial charge in [0.05, 0.1) is 10.7 Å². The predicted octanol–water partition coefficient (Wildman–Crippen LogP) is 2.45. The summed E-state index contributed by atoms with van der Waals surface area (Å²) in [6.07, 6.45) is 6.73. The Kier molecular flexibility index (Phi) is 4.35. The van der Waals surface area contributed by atoms with Gasteiger partial charge >= 0.3 is 5.97 Å². The SMILES string of the molecule is Cc1nc(C2CCCCC2)sc1CC(N)C(=O)O. The predicted molar refractivity (Wildman–Crippen MR) is 72.0 cm³/mol. The number of rotatable bonds is 4. The van der Waals surface area contributed by atoms with Crippen LogP contribution in [0.25, 0.3) is 0 Å². The Balaban J connectivity index is 2.08. The highest BCUT2D eigenvalue weighted by Crippen LogP contribution is 2.36. The quantitative estimate of drug-likeness (QED) is 0.879. The summed E-state index contributed by atoms with van der Waals surface area (Å²) in [5.41, 5.74) is 6.54. The second-order valence-corrected chi connectivity index (χ2v) is 6.16. The molecule has 1 aliphatic carbocycles. The molecule has 0 aromatic carbocycles. The van der Waals surface area contributed by atoms with Crippen LogP contribution in [0, 0.1) is 6.92 Å². The first-order valence-electron chi connectivity index (χ1n) is 6.52. The van der Waals surface area contributed by atoms with Crippen LogP contribution in [-0.4, -0.2) is 22.1 Å². The number of carbonyl (C=O) groups is 1. The van der Waals surface area contributed by atoms with Gasteiger partial charge in [-0.15, -0.1) is 11.3 Å². The topological polar surface area (TPSA) is 76.2 Å². The number of hydrogen-bond acceptors (Lipinski definition) is 4. The number of thiazole rings is 1. The Hall–Kier alpha value is -0.940. The van der Waals surface area contributed by atoms with Gasteiger partial charge in [0.15, 0.2) is 0 Å². The molecule has 0 amide bonds. The lowest BCUT2D eigenvalue weighted by atomic mass is 9.90. The number of carboxylic acids is 1. The van der Waals surface area contributed by atoms with E-state index in [0.717, 1.165) is 10.6 Å². The second kappa shape index (κ2) is 5.80. The third kappa shape index (κ3) is 3.09. The maximum absolute atomic E-state index is 10.8. The molecule has 1 unspecified atom stereocenters. The number of aliphatic carboxylic acids is 1. The van der Waals surface area contributed by atoms with Gasteiger partial charge < -0.3 is 10.8 Å². The molecule has 0 spiro atoms. The average molecular weight is 268 g/mol. The zero-order chi connectivity index (χ0) is 13.1. The Morgan fingerprint density at radius 1 is 1.50 bits per heavy atom. The first-order valence-corrected chi connectivity index (χ1v) is 7.34. The summed E-state index contributed by atoms with van der Waals surface area (Å²) in [6, 6.07) is -0.816. The standard InChI is InChI=1S/C13H20N2O2S/c1-8-11(7-10(14)13(16)17)18-12(15-8)9-5-3-2-4-6-9/h9-10H,2-7,14H2,1H3,(H,16,17). The van der Waals surface area contributed by atoms with E-state index in [1.54, 1.807) is 11.3 Å². The minimum Gasteiger partial charge on any atom is -0.480 e. The monoisotopic (exact) mass is 268 g/mol. The van der Waals surface area contributed by atoms with Crippen LogP contribution < -0.4 is 5.73 Å². The van der Waals surface area contributed by atoms with Gasteiger partial charge in [0.2, 0.25) is 0 Å². The number of carboxylic acid groups (broad SMARTS) is 1. The molecular formula is C13H20N2O2S. The smallest absolute Gasteiger partial charge is 0.320 e. The lowest BCUT2D eigenvalue weighted by Gasteiger charge is -2.18. The van der Waals surface area contributed by atoms with Gasteiger partial charge in [0, 0.05) is 17.2 Å². The summed E-state index contributed by atoms with van der Waals surface area (Å²) in [4.78, 5) is 16.4. The molecule has 0 bridgehead atoms. The Morgan fingerprint density at radius 3 is 2.78 bits per heavy atom. The molecule has 0 saturated heterocycles. The van der Waals surface area contributed by atoms with E-state index < -0.39 is 12.0 Å². The fourth-order valence-corrected chi connectivity index (χ4v) is 3.74. The largest absolute Gasteiger partial charge is 0.480 e. The summed E-state index contributed by atoms with van der Waals surface area (Å²) >= 11 is 1.66. The van der Waals surface area contributed by atoms with E-state index in [4.69, 9.17) is 10.8 Å². The Bertz CT molecular complexity index is 425. The molecule has 1 saturated carbocycles.